The van der Waals surface area contributed by atoms with E-state index >= 15 is 0 Å². The summed E-state index contributed by atoms with van der Waals surface area (Å²) in [6.45, 7) is 3.56. The molecule has 2 aliphatic rings. The highest BCUT2D eigenvalue weighted by Gasteiger charge is 2.32. The summed E-state index contributed by atoms with van der Waals surface area (Å²) in [5.74, 6) is 1.13. The molecule has 0 aromatic heterocycles. The summed E-state index contributed by atoms with van der Waals surface area (Å²) >= 11 is 0. The number of amides is 2. The smallest absolute Gasteiger partial charge is 0.257 e. The molecule has 6 heteroatoms. The highest BCUT2D eigenvalue weighted by molar-refractivity contribution is 5.97. The van der Waals surface area contributed by atoms with Gasteiger partial charge in [0.05, 0.1) is 24.7 Å². The van der Waals surface area contributed by atoms with Crippen molar-refractivity contribution in [3.05, 3.63) is 60.2 Å². The maximum atomic E-state index is 13.3. The number of para-hydroxylation sites is 2. The third-order valence-electron chi connectivity index (χ3n) is 5.47. The minimum absolute atomic E-state index is 0.0870. The zero-order valence-electron chi connectivity index (χ0n) is 16.5. The van der Waals surface area contributed by atoms with Gasteiger partial charge in [-0.25, -0.2) is 0 Å². The first kappa shape index (κ1) is 19.5. The second kappa shape index (κ2) is 9.09. The van der Waals surface area contributed by atoms with E-state index in [9.17, 15) is 9.59 Å². The summed E-state index contributed by atoms with van der Waals surface area (Å²) in [6, 6.07) is 16.7. The van der Waals surface area contributed by atoms with Crippen molar-refractivity contribution in [2.75, 3.05) is 39.4 Å². The van der Waals surface area contributed by atoms with Crippen molar-refractivity contribution in [2.24, 2.45) is 5.92 Å². The van der Waals surface area contributed by atoms with Crippen LogP contribution in [-0.2, 0) is 9.53 Å². The molecule has 0 spiro atoms. The van der Waals surface area contributed by atoms with Gasteiger partial charge in [-0.1, -0.05) is 30.3 Å². The molecule has 0 aliphatic carbocycles. The van der Waals surface area contributed by atoms with Crippen LogP contribution in [-0.4, -0.2) is 61.0 Å². The zero-order valence-corrected chi connectivity index (χ0v) is 16.5. The van der Waals surface area contributed by atoms with Crippen molar-refractivity contribution in [3.8, 4) is 11.5 Å². The fourth-order valence-corrected chi connectivity index (χ4v) is 3.92. The van der Waals surface area contributed by atoms with E-state index in [1.54, 1.807) is 17.0 Å². The molecule has 0 N–H and O–H groups in total. The molecular formula is C23H26N2O4. The lowest BCUT2D eigenvalue weighted by atomic mass is 9.95. The van der Waals surface area contributed by atoms with Crippen molar-refractivity contribution >= 4 is 11.8 Å². The molecule has 0 bridgehead atoms. The molecule has 6 nitrogen and oxygen atoms in total. The lowest BCUT2D eigenvalue weighted by Gasteiger charge is -2.36. The molecule has 1 unspecified atom stereocenters. The van der Waals surface area contributed by atoms with E-state index in [1.165, 1.54) is 0 Å². The molecule has 1 atom stereocenters. The number of ether oxygens (including phenoxy) is 2. The Morgan fingerprint density at radius 1 is 0.897 bits per heavy atom. The average Bonchev–Trinajstić information content (AvgIpc) is 2.80. The Balaban J connectivity index is 1.47. The second-order valence-electron chi connectivity index (χ2n) is 7.44. The van der Waals surface area contributed by atoms with E-state index in [1.807, 2.05) is 47.4 Å². The van der Waals surface area contributed by atoms with E-state index in [0.29, 0.717) is 56.5 Å². The Morgan fingerprint density at radius 2 is 1.62 bits per heavy atom. The minimum atomic E-state index is -0.145. The van der Waals surface area contributed by atoms with Crippen LogP contribution in [0.1, 0.15) is 23.2 Å². The number of carbonyl (C=O) groups excluding carboxylic acids is 2. The molecule has 2 fully saturated rings. The van der Waals surface area contributed by atoms with Crippen LogP contribution >= 0.6 is 0 Å². The molecule has 2 aliphatic heterocycles. The van der Waals surface area contributed by atoms with Gasteiger partial charge in [0.25, 0.3) is 5.91 Å². The average molecular weight is 394 g/mol. The first-order chi connectivity index (χ1) is 14.2. The summed E-state index contributed by atoms with van der Waals surface area (Å²) < 4.78 is 11.3. The predicted molar refractivity (Wildman–Crippen MR) is 109 cm³/mol. The van der Waals surface area contributed by atoms with Crippen LogP contribution in [0.5, 0.6) is 11.5 Å². The van der Waals surface area contributed by atoms with Gasteiger partial charge in [0, 0.05) is 26.2 Å². The number of piperidine rings is 1. The van der Waals surface area contributed by atoms with Gasteiger partial charge in [0.2, 0.25) is 5.91 Å². The first-order valence-electron chi connectivity index (χ1n) is 10.2. The topological polar surface area (TPSA) is 59.1 Å². The second-order valence-corrected chi connectivity index (χ2v) is 7.44. The minimum Gasteiger partial charge on any atom is -0.457 e. The third kappa shape index (κ3) is 4.59. The molecule has 0 saturated carbocycles. The van der Waals surface area contributed by atoms with Gasteiger partial charge in [0.1, 0.15) is 11.5 Å². The highest BCUT2D eigenvalue weighted by atomic mass is 16.5. The number of morpholine rings is 1. The van der Waals surface area contributed by atoms with Gasteiger partial charge in [-0.2, -0.15) is 0 Å². The number of benzene rings is 2. The number of carbonyl (C=O) groups is 2. The first-order valence-corrected chi connectivity index (χ1v) is 10.2. The lowest BCUT2D eigenvalue weighted by molar-refractivity contribution is -0.141. The fraction of sp³-hybridized carbons (Fsp3) is 0.391. The van der Waals surface area contributed by atoms with Crippen LogP contribution in [0, 0.1) is 5.92 Å². The van der Waals surface area contributed by atoms with E-state index < -0.39 is 0 Å². The Morgan fingerprint density at radius 3 is 2.41 bits per heavy atom. The van der Waals surface area contributed by atoms with Crippen molar-refractivity contribution < 1.29 is 19.1 Å². The number of hydrogen-bond donors (Lipinski definition) is 0. The fourth-order valence-electron chi connectivity index (χ4n) is 3.92. The Kier molecular flexibility index (Phi) is 6.10. The van der Waals surface area contributed by atoms with Gasteiger partial charge >= 0.3 is 0 Å². The maximum absolute atomic E-state index is 13.3. The lowest BCUT2D eigenvalue weighted by Crippen LogP contribution is -2.49. The van der Waals surface area contributed by atoms with Gasteiger partial charge < -0.3 is 19.3 Å². The highest BCUT2D eigenvalue weighted by Crippen LogP contribution is 2.28. The molecule has 2 saturated heterocycles. The predicted octanol–water partition coefficient (Wildman–Crippen LogP) is 3.19. The number of hydrogen-bond acceptors (Lipinski definition) is 4. The molecule has 2 aromatic carbocycles. The molecule has 0 radical (unpaired) electrons. The largest absolute Gasteiger partial charge is 0.457 e. The van der Waals surface area contributed by atoms with Crippen LogP contribution in [0.4, 0.5) is 0 Å². The summed E-state index contributed by atoms with van der Waals surface area (Å²) in [6.07, 6.45) is 1.65. The van der Waals surface area contributed by atoms with Gasteiger partial charge in [0.15, 0.2) is 0 Å². The summed E-state index contributed by atoms with van der Waals surface area (Å²) in [5.41, 5.74) is 0.524. The van der Waals surface area contributed by atoms with Crippen molar-refractivity contribution in [3.63, 3.8) is 0 Å². The van der Waals surface area contributed by atoms with Gasteiger partial charge in [-0.15, -0.1) is 0 Å². The van der Waals surface area contributed by atoms with Crippen molar-refractivity contribution in [1.82, 2.24) is 9.80 Å². The Labute approximate surface area is 171 Å². The normalized spacial score (nSPS) is 19.7. The molecular weight excluding hydrogens is 368 g/mol. The molecule has 2 amide bonds. The summed E-state index contributed by atoms with van der Waals surface area (Å²) in [5, 5.41) is 0. The number of rotatable bonds is 4. The van der Waals surface area contributed by atoms with Crippen LogP contribution in [0.2, 0.25) is 0 Å². The van der Waals surface area contributed by atoms with E-state index in [2.05, 4.69) is 0 Å². The Hall–Kier alpha value is -2.86. The standard InChI is InChI=1S/C23H26N2O4/c26-22(24-13-15-28-16-14-24)18-7-6-12-25(17-18)23(27)20-10-4-5-11-21(20)29-19-8-2-1-3-9-19/h1-5,8-11,18H,6-7,12-17H2. The SMILES string of the molecule is O=C(c1ccccc1Oc1ccccc1)N1CCCC(C(=O)N2CCOCC2)C1. The van der Waals surface area contributed by atoms with Crippen LogP contribution in [0.25, 0.3) is 0 Å². The summed E-state index contributed by atoms with van der Waals surface area (Å²) in [7, 11) is 0. The van der Waals surface area contributed by atoms with Crippen LogP contribution in [0.15, 0.2) is 54.6 Å². The summed E-state index contributed by atoms with van der Waals surface area (Å²) in [4.78, 5) is 29.8. The molecule has 4 rings (SSSR count). The maximum Gasteiger partial charge on any atom is 0.257 e. The van der Waals surface area contributed by atoms with Crippen LogP contribution in [0.3, 0.4) is 0 Å². The third-order valence-corrected chi connectivity index (χ3v) is 5.47. The molecule has 2 aromatic rings. The molecule has 152 valence electrons. The number of likely N-dealkylation sites (tertiary alicyclic amines) is 1. The van der Waals surface area contributed by atoms with Gasteiger partial charge in [-0.05, 0) is 37.1 Å². The van der Waals surface area contributed by atoms with E-state index in [-0.39, 0.29) is 17.7 Å². The van der Waals surface area contributed by atoms with Crippen molar-refractivity contribution in [1.29, 1.82) is 0 Å². The number of nitrogens with zero attached hydrogens (tertiary/aromatic N) is 2. The molecule has 2 heterocycles. The van der Waals surface area contributed by atoms with E-state index in [0.717, 1.165) is 12.8 Å². The Bertz CT molecular complexity index is 849. The van der Waals surface area contributed by atoms with E-state index in [4.69, 9.17) is 9.47 Å². The van der Waals surface area contributed by atoms with Gasteiger partial charge in [-0.3, -0.25) is 9.59 Å². The zero-order chi connectivity index (χ0) is 20.1. The van der Waals surface area contributed by atoms with Crippen molar-refractivity contribution in [2.45, 2.75) is 12.8 Å². The van der Waals surface area contributed by atoms with Crippen LogP contribution < -0.4 is 4.74 Å². The quantitative estimate of drug-likeness (QED) is 0.799. The molecule has 29 heavy (non-hydrogen) atoms. The monoisotopic (exact) mass is 394 g/mol.